The number of aryl methyl sites for hydroxylation is 1. The molecule has 1 N–H and O–H groups in total. The predicted molar refractivity (Wildman–Crippen MR) is 77.2 cm³/mol. The summed E-state index contributed by atoms with van der Waals surface area (Å²) in [5, 5.41) is 1.90. The maximum atomic E-state index is 13.1. The van der Waals surface area contributed by atoms with E-state index in [0.717, 1.165) is 16.7 Å². The summed E-state index contributed by atoms with van der Waals surface area (Å²) >= 11 is 0. The SMILES string of the molecule is Cc1nc2c(C(F)(F)F)cccc2c(=O)n1C1CCC(=O)NC1=O. The fourth-order valence-corrected chi connectivity index (χ4v) is 2.85. The molecule has 2 heterocycles. The van der Waals surface area contributed by atoms with E-state index in [4.69, 9.17) is 0 Å². The lowest BCUT2D eigenvalue weighted by Gasteiger charge is -2.24. The first kappa shape index (κ1) is 16.2. The van der Waals surface area contributed by atoms with Gasteiger partial charge in [-0.15, -0.1) is 0 Å². The molecule has 0 bridgehead atoms. The molecular formula is C15H12F3N3O3. The van der Waals surface area contributed by atoms with Gasteiger partial charge in [0.15, 0.2) is 0 Å². The van der Waals surface area contributed by atoms with Crippen molar-refractivity contribution in [1.29, 1.82) is 0 Å². The van der Waals surface area contributed by atoms with E-state index in [1.165, 1.54) is 13.0 Å². The summed E-state index contributed by atoms with van der Waals surface area (Å²) in [6, 6.07) is 2.24. The van der Waals surface area contributed by atoms with Crippen LogP contribution in [0.15, 0.2) is 23.0 Å². The van der Waals surface area contributed by atoms with E-state index in [2.05, 4.69) is 10.3 Å². The van der Waals surface area contributed by atoms with Crippen LogP contribution in [0.1, 0.15) is 30.3 Å². The lowest BCUT2D eigenvalue weighted by molar-refractivity contribution is -0.137. The molecule has 1 atom stereocenters. The van der Waals surface area contributed by atoms with E-state index in [1.807, 2.05) is 0 Å². The van der Waals surface area contributed by atoms with Crippen molar-refractivity contribution in [2.45, 2.75) is 32.0 Å². The fourth-order valence-electron chi connectivity index (χ4n) is 2.85. The Morgan fingerprint density at radius 2 is 1.96 bits per heavy atom. The van der Waals surface area contributed by atoms with Crippen LogP contribution in [0.2, 0.25) is 0 Å². The number of para-hydroxylation sites is 1. The molecule has 1 aliphatic rings. The van der Waals surface area contributed by atoms with Gasteiger partial charge in [0, 0.05) is 6.42 Å². The molecule has 0 spiro atoms. The predicted octanol–water partition coefficient (Wildman–Crippen LogP) is 1.70. The Kier molecular flexibility index (Phi) is 3.66. The first-order valence-corrected chi connectivity index (χ1v) is 7.13. The van der Waals surface area contributed by atoms with Crippen LogP contribution in [0, 0.1) is 6.92 Å². The average molecular weight is 339 g/mol. The van der Waals surface area contributed by atoms with Gasteiger partial charge in [-0.05, 0) is 25.5 Å². The van der Waals surface area contributed by atoms with Crippen LogP contribution in [0.4, 0.5) is 13.2 Å². The second kappa shape index (κ2) is 5.43. The number of carbonyl (C=O) groups excluding carboxylic acids is 2. The Morgan fingerprint density at radius 1 is 1.25 bits per heavy atom. The Bertz CT molecular complexity index is 918. The standard InChI is InChI=1S/C15H12F3N3O3/c1-7-19-12-8(3-2-4-9(12)15(16,17)18)14(24)21(7)10-5-6-11(22)20-13(10)23/h2-4,10H,5-6H2,1H3,(H,20,22,23). The molecule has 1 aromatic carbocycles. The lowest BCUT2D eigenvalue weighted by Crippen LogP contribution is -2.45. The van der Waals surface area contributed by atoms with Crippen molar-refractivity contribution < 1.29 is 22.8 Å². The number of aromatic nitrogens is 2. The minimum Gasteiger partial charge on any atom is -0.295 e. The number of rotatable bonds is 1. The number of imide groups is 1. The maximum absolute atomic E-state index is 13.1. The second-order valence-electron chi connectivity index (χ2n) is 5.50. The highest BCUT2D eigenvalue weighted by Crippen LogP contribution is 2.33. The van der Waals surface area contributed by atoms with Gasteiger partial charge in [0.2, 0.25) is 11.8 Å². The summed E-state index contributed by atoms with van der Waals surface area (Å²) < 4.78 is 40.3. The van der Waals surface area contributed by atoms with Crippen molar-refractivity contribution in [1.82, 2.24) is 14.9 Å². The van der Waals surface area contributed by atoms with E-state index in [9.17, 15) is 27.6 Å². The summed E-state index contributed by atoms with van der Waals surface area (Å²) in [4.78, 5) is 39.8. The van der Waals surface area contributed by atoms with Gasteiger partial charge in [-0.2, -0.15) is 13.2 Å². The summed E-state index contributed by atoms with van der Waals surface area (Å²) in [5.41, 5.74) is -2.19. The Labute approximate surface area is 133 Å². The van der Waals surface area contributed by atoms with Crippen molar-refractivity contribution in [3.63, 3.8) is 0 Å². The van der Waals surface area contributed by atoms with Crippen molar-refractivity contribution in [3.05, 3.63) is 39.9 Å². The molecule has 1 saturated heterocycles. The molecular weight excluding hydrogens is 327 g/mol. The number of alkyl halides is 3. The van der Waals surface area contributed by atoms with Crippen LogP contribution in [-0.4, -0.2) is 21.4 Å². The van der Waals surface area contributed by atoms with Crippen molar-refractivity contribution >= 4 is 22.7 Å². The first-order chi connectivity index (χ1) is 11.2. The average Bonchev–Trinajstić information content (AvgIpc) is 2.47. The molecule has 2 amide bonds. The van der Waals surface area contributed by atoms with E-state index in [1.54, 1.807) is 0 Å². The molecule has 0 aliphatic carbocycles. The summed E-state index contributed by atoms with van der Waals surface area (Å²) in [7, 11) is 0. The molecule has 1 fully saturated rings. The molecule has 2 aromatic rings. The van der Waals surface area contributed by atoms with Gasteiger partial charge >= 0.3 is 6.18 Å². The third kappa shape index (κ3) is 2.55. The smallest absolute Gasteiger partial charge is 0.295 e. The van der Waals surface area contributed by atoms with Crippen LogP contribution >= 0.6 is 0 Å². The van der Waals surface area contributed by atoms with Crippen molar-refractivity contribution in [2.24, 2.45) is 0 Å². The highest BCUT2D eigenvalue weighted by Gasteiger charge is 2.35. The van der Waals surface area contributed by atoms with Gasteiger partial charge in [-0.3, -0.25) is 24.3 Å². The molecule has 0 saturated carbocycles. The molecule has 1 unspecified atom stereocenters. The van der Waals surface area contributed by atoms with Gasteiger partial charge in [0.25, 0.3) is 5.56 Å². The third-order valence-corrected chi connectivity index (χ3v) is 3.93. The highest BCUT2D eigenvalue weighted by molar-refractivity contribution is 5.99. The molecule has 1 aliphatic heterocycles. The minimum absolute atomic E-state index is 0.0151. The zero-order valence-corrected chi connectivity index (χ0v) is 12.5. The zero-order valence-electron chi connectivity index (χ0n) is 12.5. The van der Waals surface area contributed by atoms with Gasteiger partial charge in [0.1, 0.15) is 11.9 Å². The van der Waals surface area contributed by atoms with E-state index >= 15 is 0 Å². The molecule has 9 heteroatoms. The molecule has 3 rings (SSSR count). The summed E-state index contributed by atoms with van der Waals surface area (Å²) in [6.07, 6.45) is -4.51. The third-order valence-electron chi connectivity index (χ3n) is 3.93. The normalized spacial score (nSPS) is 18.8. The zero-order chi connectivity index (χ0) is 17.6. The molecule has 6 nitrogen and oxygen atoms in total. The molecule has 1 aromatic heterocycles. The Morgan fingerprint density at radius 3 is 2.58 bits per heavy atom. The molecule has 0 radical (unpaired) electrons. The van der Waals surface area contributed by atoms with E-state index in [0.29, 0.717) is 0 Å². The quantitative estimate of drug-likeness (QED) is 0.802. The number of hydrogen-bond donors (Lipinski definition) is 1. The van der Waals surface area contributed by atoms with Gasteiger partial charge < -0.3 is 0 Å². The van der Waals surface area contributed by atoms with Crippen LogP contribution in [0.5, 0.6) is 0 Å². The number of hydrogen-bond acceptors (Lipinski definition) is 4. The highest BCUT2D eigenvalue weighted by atomic mass is 19.4. The Balaban J connectivity index is 2.24. The van der Waals surface area contributed by atoms with Crippen LogP contribution in [0.3, 0.4) is 0 Å². The van der Waals surface area contributed by atoms with Gasteiger partial charge in [0.05, 0.1) is 16.5 Å². The van der Waals surface area contributed by atoms with E-state index < -0.39 is 40.7 Å². The van der Waals surface area contributed by atoms with Crippen molar-refractivity contribution in [3.8, 4) is 0 Å². The van der Waals surface area contributed by atoms with Crippen LogP contribution < -0.4 is 10.9 Å². The van der Waals surface area contributed by atoms with Gasteiger partial charge in [-0.1, -0.05) is 6.07 Å². The fraction of sp³-hybridized carbons (Fsp3) is 0.333. The topological polar surface area (TPSA) is 81.1 Å². The largest absolute Gasteiger partial charge is 0.418 e. The number of nitrogens with one attached hydrogen (secondary N) is 1. The number of amides is 2. The lowest BCUT2D eigenvalue weighted by atomic mass is 10.0. The number of piperidine rings is 1. The van der Waals surface area contributed by atoms with Crippen molar-refractivity contribution in [2.75, 3.05) is 0 Å². The number of carbonyl (C=O) groups is 2. The second-order valence-corrected chi connectivity index (χ2v) is 5.50. The molecule has 24 heavy (non-hydrogen) atoms. The minimum atomic E-state index is -4.65. The first-order valence-electron chi connectivity index (χ1n) is 7.13. The summed E-state index contributed by atoms with van der Waals surface area (Å²) in [5.74, 6) is -1.13. The van der Waals surface area contributed by atoms with Crippen LogP contribution in [-0.2, 0) is 15.8 Å². The molecule has 126 valence electrons. The number of benzene rings is 1. The number of nitrogens with zero attached hydrogens (tertiary/aromatic N) is 2. The van der Waals surface area contributed by atoms with E-state index in [-0.39, 0.29) is 24.1 Å². The Hall–Kier alpha value is -2.71. The summed E-state index contributed by atoms with van der Waals surface area (Å²) in [6.45, 7) is 1.36. The maximum Gasteiger partial charge on any atom is 0.418 e. The van der Waals surface area contributed by atoms with Crippen LogP contribution in [0.25, 0.3) is 10.9 Å². The monoisotopic (exact) mass is 339 g/mol. The number of halogens is 3. The number of fused-ring (bicyclic) bond motifs is 1. The van der Waals surface area contributed by atoms with Gasteiger partial charge in [-0.25, -0.2) is 4.98 Å².